The molecule has 4 fully saturated rings. The first-order chi connectivity index (χ1) is 12.6. The number of rotatable bonds is 2. The molecule has 7 rings (SSSR count). The number of carbonyl (C=O) groups is 1. The fourth-order valence-electron chi connectivity index (χ4n) is 9.32. The monoisotopic (exact) mass is 350 g/mol. The van der Waals surface area contributed by atoms with Gasteiger partial charge < -0.3 is 4.74 Å². The van der Waals surface area contributed by atoms with Crippen LogP contribution in [0.5, 0.6) is 0 Å². The van der Waals surface area contributed by atoms with Crippen LogP contribution in [0.2, 0.25) is 0 Å². The molecule has 0 spiro atoms. The van der Waals surface area contributed by atoms with E-state index >= 15 is 0 Å². The van der Waals surface area contributed by atoms with Gasteiger partial charge in [0.25, 0.3) is 0 Å². The van der Waals surface area contributed by atoms with E-state index in [1.165, 1.54) is 38.5 Å². The maximum atomic E-state index is 13.3. The first-order valence-electron chi connectivity index (χ1n) is 11.3. The van der Waals surface area contributed by atoms with E-state index in [0.29, 0.717) is 23.7 Å². The average molecular weight is 351 g/mol. The molecular formula is C24H30O2. The summed E-state index contributed by atoms with van der Waals surface area (Å²) < 4.78 is 6.43. The van der Waals surface area contributed by atoms with Crippen molar-refractivity contribution in [3.8, 4) is 0 Å². The summed E-state index contributed by atoms with van der Waals surface area (Å²) in [7, 11) is 0. The summed E-state index contributed by atoms with van der Waals surface area (Å²) in [4.78, 5) is 13.3. The molecule has 10 atom stereocenters. The average Bonchev–Trinajstić information content (AvgIpc) is 3.42. The summed E-state index contributed by atoms with van der Waals surface area (Å²) in [5.74, 6) is 6.26. The predicted octanol–water partition coefficient (Wildman–Crippen LogP) is 4.90. The van der Waals surface area contributed by atoms with E-state index in [2.05, 4.69) is 19.1 Å². The Morgan fingerprint density at radius 2 is 1.85 bits per heavy atom. The van der Waals surface area contributed by atoms with Crippen molar-refractivity contribution in [2.24, 2.45) is 53.3 Å². The van der Waals surface area contributed by atoms with Crippen molar-refractivity contribution >= 4 is 5.97 Å². The van der Waals surface area contributed by atoms with Gasteiger partial charge >= 0.3 is 5.97 Å². The molecular weight excluding hydrogens is 320 g/mol. The van der Waals surface area contributed by atoms with Crippen LogP contribution in [-0.2, 0) is 9.53 Å². The van der Waals surface area contributed by atoms with E-state index in [1.807, 2.05) is 0 Å². The van der Waals surface area contributed by atoms with Gasteiger partial charge in [-0.1, -0.05) is 29.7 Å². The van der Waals surface area contributed by atoms with E-state index in [1.54, 1.807) is 11.1 Å². The summed E-state index contributed by atoms with van der Waals surface area (Å²) in [6.45, 7) is 2.28. The Labute approximate surface area is 156 Å². The van der Waals surface area contributed by atoms with Crippen molar-refractivity contribution < 1.29 is 9.53 Å². The van der Waals surface area contributed by atoms with E-state index < -0.39 is 0 Å². The Balaban J connectivity index is 1.12. The fraction of sp³-hybridized carbons (Fsp3) is 0.792. The van der Waals surface area contributed by atoms with Crippen LogP contribution in [0.4, 0.5) is 0 Å². The van der Waals surface area contributed by atoms with Gasteiger partial charge in [0.2, 0.25) is 0 Å². The summed E-state index contributed by atoms with van der Waals surface area (Å²) >= 11 is 0. The Morgan fingerprint density at radius 1 is 1.04 bits per heavy atom. The summed E-state index contributed by atoms with van der Waals surface area (Å²) in [5, 5.41) is 0. The Bertz CT molecular complexity index is 762. The largest absolute Gasteiger partial charge is 0.459 e. The molecule has 0 aromatic heterocycles. The van der Waals surface area contributed by atoms with Crippen LogP contribution in [0.3, 0.4) is 0 Å². The minimum atomic E-state index is -0.152. The predicted molar refractivity (Wildman–Crippen MR) is 99.0 cm³/mol. The molecule has 0 amide bonds. The minimum Gasteiger partial charge on any atom is -0.459 e. The Morgan fingerprint density at radius 3 is 2.73 bits per heavy atom. The number of ether oxygens (including phenoxy) is 1. The molecule has 2 nitrogen and oxygen atoms in total. The molecule has 2 heteroatoms. The normalized spacial score (nSPS) is 57.3. The number of esters is 1. The highest BCUT2D eigenvalue weighted by molar-refractivity contribution is 5.76. The number of carbonyl (C=O) groups excluding carboxylic acids is 1. The standard InChI is InChI=1S/C24H30O2/c1-24(11-15-10-20(24)17-4-2-3-16(15)17)26-23(25)19-9-14-8-18(19)22-13-6-5-12(7-13)21(14)22/h5-6,12-20H,2-4,7-11H2,1H3. The lowest BCUT2D eigenvalue weighted by Gasteiger charge is -2.41. The van der Waals surface area contributed by atoms with Crippen LogP contribution in [-0.4, -0.2) is 11.6 Å². The van der Waals surface area contributed by atoms with Crippen LogP contribution in [0.25, 0.3) is 0 Å². The van der Waals surface area contributed by atoms with Crippen LogP contribution in [0.15, 0.2) is 23.3 Å². The minimum absolute atomic E-state index is 0.152. The summed E-state index contributed by atoms with van der Waals surface area (Å²) in [6, 6.07) is 0. The SMILES string of the molecule is CC1(OC(=O)C2CC3CC2C2=C3C3C=CC2C3)CC2CC1C1CCCC21. The molecule has 0 saturated heterocycles. The van der Waals surface area contributed by atoms with Crippen molar-refractivity contribution in [3.63, 3.8) is 0 Å². The zero-order valence-electron chi connectivity index (χ0n) is 15.8. The van der Waals surface area contributed by atoms with Gasteiger partial charge in [-0.3, -0.25) is 4.79 Å². The molecule has 0 aromatic carbocycles. The van der Waals surface area contributed by atoms with Crippen LogP contribution in [0, 0.1) is 53.3 Å². The van der Waals surface area contributed by atoms with Crippen LogP contribution >= 0.6 is 0 Å². The van der Waals surface area contributed by atoms with Crippen LogP contribution < -0.4 is 0 Å². The second-order valence-electron chi connectivity index (χ2n) is 10.9. The van der Waals surface area contributed by atoms with Gasteiger partial charge in [-0.05, 0) is 93.3 Å². The van der Waals surface area contributed by atoms with Crippen molar-refractivity contribution in [1.29, 1.82) is 0 Å². The summed E-state index contributed by atoms with van der Waals surface area (Å²) in [6.07, 6.45) is 15.2. The number of allylic oxidation sites excluding steroid dienone is 4. The van der Waals surface area contributed by atoms with Crippen molar-refractivity contribution in [1.82, 2.24) is 0 Å². The molecule has 0 aromatic rings. The van der Waals surface area contributed by atoms with E-state index in [4.69, 9.17) is 4.74 Å². The maximum Gasteiger partial charge on any atom is 0.310 e. The topological polar surface area (TPSA) is 26.3 Å². The Kier molecular flexibility index (Phi) is 2.69. The van der Waals surface area contributed by atoms with Crippen molar-refractivity contribution in [3.05, 3.63) is 23.3 Å². The van der Waals surface area contributed by atoms with E-state index in [9.17, 15) is 4.79 Å². The molecule has 6 bridgehead atoms. The number of fused-ring (bicyclic) bond motifs is 13. The van der Waals surface area contributed by atoms with Crippen molar-refractivity contribution in [2.45, 2.75) is 63.9 Å². The molecule has 7 aliphatic carbocycles. The van der Waals surface area contributed by atoms with Gasteiger partial charge in [-0.2, -0.15) is 0 Å². The number of hydrogen-bond donors (Lipinski definition) is 0. The van der Waals surface area contributed by atoms with E-state index in [-0.39, 0.29) is 17.5 Å². The van der Waals surface area contributed by atoms with Crippen molar-refractivity contribution in [2.75, 3.05) is 0 Å². The number of hydrogen-bond acceptors (Lipinski definition) is 2. The molecule has 138 valence electrons. The quantitative estimate of drug-likeness (QED) is 0.402. The smallest absolute Gasteiger partial charge is 0.310 e. The fourth-order valence-corrected chi connectivity index (χ4v) is 9.32. The second-order valence-corrected chi connectivity index (χ2v) is 10.9. The van der Waals surface area contributed by atoms with Gasteiger partial charge in [0.15, 0.2) is 0 Å². The lowest BCUT2D eigenvalue weighted by atomic mass is 9.73. The lowest BCUT2D eigenvalue weighted by molar-refractivity contribution is -0.173. The molecule has 4 saturated carbocycles. The maximum absolute atomic E-state index is 13.3. The molecule has 7 aliphatic rings. The Hall–Kier alpha value is -1.05. The second kappa shape index (κ2) is 4.67. The van der Waals surface area contributed by atoms with Gasteiger partial charge in [-0.25, -0.2) is 0 Å². The first kappa shape index (κ1) is 14.9. The first-order valence-corrected chi connectivity index (χ1v) is 11.3. The van der Waals surface area contributed by atoms with E-state index in [0.717, 1.165) is 36.5 Å². The third-order valence-corrected chi connectivity index (χ3v) is 10.0. The molecule has 26 heavy (non-hydrogen) atoms. The third kappa shape index (κ3) is 1.65. The zero-order chi connectivity index (χ0) is 17.2. The highest BCUT2D eigenvalue weighted by atomic mass is 16.6. The third-order valence-electron chi connectivity index (χ3n) is 10.0. The molecule has 0 radical (unpaired) electrons. The molecule has 10 unspecified atom stereocenters. The molecule has 0 N–H and O–H groups in total. The molecule has 0 aliphatic heterocycles. The van der Waals surface area contributed by atoms with Gasteiger partial charge in [-0.15, -0.1) is 0 Å². The molecule has 0 heterocycles. The highest BCUT2D eigenvalue weighted by Gasteiger charge is 2.62. The van der Waals surface area contributed by atoms with Gasteiger partial charge in [0.05, 0.1) is 5.92 Å². The lowest BCUT2D eigenvalue weighted by Crippen LogP contribution is -2.44. The van der Waals surface area contributed by atoms with Gasteiger partial charge in [0, 0.05) is 5.92 Å². The van der Waals surface area contributed by atoms with Crippen LogP contribution in [0.1, 0.15) is 58.3 Å². The zero-order valence-corrected chi connectivity index (χ0v) is 15.8. The van der Waals surface area contributed by atoms with Gasteiger partial charge in [0.1, 0.15) is 5.60 Å². The highest BCUT2D eigenvalue weighted by Crippen LogP contribution is 2.65. The summed E-state index contributed by atoms with van der Waals surface area (Å²) in [5.41, 5.74) is 3.29.